The van der Waals surface area contributed by atoms with Gasteiger partial charge >= 0.3 is 0 Å². The number of aryl methyl sites for hydroxylation is 1. The highest BCUT2D eigenvalue weighted by molar-refractivity contribution is 7.20. The number of amides is 1. The number of likely N-dealkylation sites (N-methyl/N-ethyl adjacent to an activating group) is 1. The molecule has 1 saturated carbocycles. The Bertz CT molecular complexity index is 1120. The second-order valence-corrected chi connectivity index (χ2v) is 10.8. The lowest BCUT2D eigenvalue weighted by molar-refractivity contribution is 0.0953. The summed E-state index contributed by atoms with van der Waals surface area (Å²) >= 11 is 1.48. The maximum Gasteiger partial charge on any atom is 0.261 e. The number of hydrogen-bond donors (Lipinski definition) is 1. The van der Waals surface area contributed by atoms with Gasteiger partial charge in [-0.05, 0) is 50.9 Å². The fourth-order valence-corrected chi connectivity index (χ4v) is 6.41. The number of piperazine rings is 1. The van der Waals surface area contributed by atoms with Crippen molar-refractivity contribution in [3.8, 4) is 0 Å². The number of nitrogens with one attached hydrogen (secondary N) is 1. The molecule has 3 aromatic rings. The van der Waals surface area contributed by atoms with Crippen LogP contribution in [0.2, 0.25) is 0 Å². The van der Waals surface area contributed by atoms with Crippen LogP contribution in [-0.4, -0.2) is 78.0 Å². The number of thiophene rings is 1. The highest BCUT2D eigenvalue weighted by atomic mass is 32.1. The van der Waals surface area contributed by atoms with Crippen LogP contribution in [0.25, 0.3) is 10.2 Å². The van der Waals surface area contributed by atoms with Crippen molar-refractivity contribution in [2.24, 2.45) is 0 Å². The van der Waals surface area contributed by atoms with Gasteiger partial charge in [-0.3, -0.25) is 9.69 Å². The van der Waals surface area contributed by atoms with E-state index in [9.17, 15) is 4.79 Å². The monoisotopic (exact) mass is 496 g/mol. The van der Waals surface area contributed by atoms with Crippen molar-refractivity contribution < 1.29 is 9.21 Å². The average molecular weight is 497 g/mol. The summed E-state index contributed by atoms with van der Waals surface area (Å²) in [5.41, 5.74) is 0.988. The van der Waals surface area contributed by atoms with Crippen LogP contribution in [0, 0.1) is 6.92 Å². The molecule has 9 heteroatoms. The molecule has 1 aliphatic carbocycles. The zero-order chi connectivity index (χ0) is 24.2. The van der Waals surface area contributed by atoms with Gasteiger partial charge in [-0.15, -0.1) is 11.3 Å². The molecule has 0 radical (unpaired) electrons. The molecule has 188 valence electrons. The molecule has 0 atom stereocenters. The van der Waals surface area contributed by atoms with Gasteiger partial charge in [0.15, 0.2) is 0 Å². The number of carbonyl (C=O) groups excluding carboxylic acids is 1. The number of carbonyl (C=O) groups is 1. The Kier molecular flexibility index (Phi) is 7.65. The van der Waals surface area contributed by atoms with E-state index < -0.39 is 0 Å². The van der Waals surface area contributed by atoms with Crippen LogP contribution >= 0.6 is 11.3 Å². The highest BCUT2D eigenvalue weighted by Crippen LogP contribution is 2.35. The molecule has 2 aliphatic rings. The van der Waals surface area contributed by atoms with E-state index in [0.29, 0.717) is 12.6 Å². The predicted octanol–water partition coefficient (Wildman–Crippen LogP) is 3.91. The molecule has 2 fully saturated rings. The maximum absolute atomic E-state index is 13.1. The van der Waals surface area contributed by atoms with E-state index in [2.05, 4.69) is 37.0 Å². The van der Waals surface area contributed by atoms with Crippen LogP contribution in [0.4, 0.5) is 5.82 Å². The van der Waals surface area contributed by atoms with Crippen molar-refractivity contribution in [3.05, 3.63) is 40.9 Å². The largest absolute Gasteiger partial charge is 0.468 e. The Labute approximate surface area is 211 Å². The third-order valence-electron chi connectivity index (χ3n) is 7.40. The fraction of sp³-hybridized carbons (Fsp3) is 0.577. The van der Waals surface area contributed by atoms with E-state index in [1.807, 2.05) is 19.1 Å². The summed E-state index contributed by atoms with van der Waals surface area (Å²) in [6.07, 6.45) is 9.41. The maximum atomic E-state index is 13.1. The second-order valence-electron chi connectivity index (χ2n) is 9.82. The Morgan fingerprint density at radius 2 is 2.03 bits per heavy atom. The minimum atomic E-state index is -0.00622. The molecule has 3 aromatic heterocycles. The molecule has 1 saturated heterocycles. The Morgan fingerprint density at radius 3 is 2.77 bits per heavy atom. The van der Waals surface area contributed by atoms with Crippen LogP contribution in [-0.2, 0) is 6.54 Å². The van der Waals surface area contributed by atoms with E-state index >= 15 is 0 Å². The highest BCUT2D eigenvalue weighted by Gasteiger charge is 2.25. The SMILES string of the molecule is Cc1c(C(=O)NCCCN(Cc2ccco2)C2CCCC2)sc2ncnc(N3CCN(C)CC3)c12. The number of furan rings is 1. The molecule has 0 aromatic carbocycles. The predicted molar refractivity (Wildman–Crippen MR) is 140 cm³/mol. The van der Waals surface area contributed by atoms with Crippen LogP contribution in [0.1, 0.15) is 53.1 Å². The Balaban J connectivity index is 1.21. The molecule has 35 heavy (non-hydrogen) atoms. The number of anilines is 1. The summed E-state index contributed by atoms with van der Waals surface area (Å²) in [4.78, 5) is 31.0. The number of rotatable bonds is 9. The average Bonchev–Trinajstić information content (AvgIpc) is 3.63. The van der Waals surface area contributed by atoms with E-state index in [-0.39, 0.29) is 5.91 Å². The minimum absolute atomic E-state index is 0.00622. The van der Waals surface area contributed by atoms with Gasteiger partial charge < -0.3 is 19.5 Å². The lowest BCUT2D eigenvalue weighted by Crippen LogP contribution is -2.44. The van der Waals surface area contributed by atoms with Crippen LogP contribution < -0.4 is 10.2 Å². The van der Waals surface area contributed by atoms with E-state index in [0.717, 1.165) is 77.9 Å². The molecule has 0 spiro atoms. The minimum Gasteiger partial charge on any atom is -0.468 e. The van der Waals surface area contributed by atoms with Gasteiger partial charge in [0.2, 0.25) is 0 Å². The molecular formula is C26H36N6O2S. The molecule has 1 amide bonds. The summed E-state index contributed by atoms with van der Waals surface area (Å²) in [6.45, 7) is 8.39. The van der Waals surface area contributed by atoms with Gasteiger partial charge in [-0.25, -0.2) is 9.97 Å². The number of nitrogens with zero attached hydrogens (tertiary/aromatic N) is 5. The van der Waals surface area contributed by atoms with E-state index in [1.54, 1.807) is 12.6 Å². The summed E-state index contributed by atoms with van der Waals surface area (Å²) in [7, 11) is 2.15. The van der Waals surface area contributed by atoms with Crippen LogP contribution in [0.5, 0.6) is 0 Å². The Hall–Kier alpha value is -2.49. The van der Waals surface area contributed by atoms with E-state index in [4.69, 9.17) is 4.42 Å². The number of fused-ring (bicyclic) bond motifs is 1. The zero-order valence-electron chi connectivity index (χ0n) is 20.8. The molecule has 0 bridgehead atoms. The van der Waals surface area contributed by atoms with Crippen molar-refractivity contribution in [2.75, 3.05) is 51.2 Å². The van der Waals surface area contributed by atoms with Crippen molar-refractivity contribution >= 4 is 33.3 Å². The first-order valence-electron chi connectivity index (χ1n) is 12.8. The number of aromatic nitrogens is 2. The van der Waals surface area contributed by atoms with Crippen molar-refractivity contribution in [1.29, 1.82) is 0 Å². The second kappa shape index (κ2) is 11.1. The summed E-state index contributed by atoms with van der Waals surface area (Å²) in [5, 5.41) is 4.19. The quantitative estimate of drug-likeness (QED) is 0.450. The van der Waals surface area contributed by atoms with Crippen LogP contribution in [0.15, 0.2) is 29.1 Å². The standard InChI is InChI=1S/C26H36N6O2S/c1-19-22-24(31-14-12-30(2)13-15-31)28-18-29-26(22)35-23(19)25(33)27-10-6-11-32(20-7-3-4-8-20)17-21-9-5-16-34-21/h5,9,16,18,20H,3-4,6-8,10-15,17H2,1-2H3,(H,27,33). The molecule has 8 nitrogen and oxygen atoms in total. The van der Waals surface area contributed by atoms with Crippen molar-refractivity contribution in [2.45, 2.75) is 51.6 Å². The van der Waals surface area contributed by atoms with Gasteiger partial charge in [-0.1, -0.05) is 12.8 Å². The molecular weight excluding hydrogens is 460 g/mol. The third-order valence-corrected chi connectivity index (χ3v) is 8.60. The van der Waals surface area contributed by atoms with Crippen molar-refractivity contribution in [1.82, 2.24) is 25.1 Å². The number of hydrogen-bond acceptors (Lipinski definition) is 8. The van der Waals surface area contributed by atoms with Gasteiger partial charge in [0, 0.05) is 45.3 Å². The third kappa shape index (κ3) is 5.52. The fourth-order valence-electron chi connectivity index (χ4n) is 5.35. The van der Waals surface area contributed by atoms with Gasteiger partial charge in [0.05, 0.1) is 23.1 Å². The smallest absolute Gasteiger partial charge is 0.261 e. The molecule has 4 heterocycles. The lowest BCUT2D eigenvalue weighted by Gasteiger charge is -2.33. The first kappa shape index (κ1) is 24.2. The summed E-state index contributed by atoms with van der Waals surface area (Å²) in [6, 6.07) is 4.62. The molecule has 0 unspecified atom stereocenters. The lowest BCUT2D eigenvalue weighted by atomic mass is 10.1. The van der Waals surface area contributed by atoms with E-state index in [1.165, 1.54) is 37.0 Å². The molecule has 5 rings (SSSR count). The normalized spacial score (nSPS) is 17.6. The Morgan fingerprint density at radius 1 is 1.23 bits per heavy atom. The van der Waals surface area contributed by atoms with Gasteiger partial charge in [0.25, 0.3) is 5.91 Å². The zero-order valence-corrected chi connectivity index (χ0v) is 21.6. The van der Waals surface area contributed by atoms with Crippen LogP contribution in [0.3, 0.4) is 0 Å². The molecule has 1 aliphatic heterocycles. The first-order chi connectivity index (χ1) is 17.1. The first-order valence-corrected chi connectivity index (χ1v) is 13.6. The topological polar surface area (TPSA) is 77.7 Å². The van der Waals surface area contributed by atoms with Crippen molar-refractivity contribution in [3.63, 3.8) is 0 Å². The summed E-state index contributed by atoms with van der Waals surface area (Å²) in [5.74, 6) is 1.97. The van der Waals surface area contributed by atoms with Gasteiger partial charge in [0.1, 0.15) is 22.7 Å². The summed E-state index contributed by atoms with van der Waals surface area (Å²) < 4.78 is 5.60. The van der Waals surface area contributed by atoms with Gasteiger partial charge in [-0.2, -0.15) is 0 Å². The molecule has 1 N–H and O–H groups in total.